The van der Waals surface area contributed by atoms with Gasteiger partial charge in [-0.05, 0) is 24.3 Å². The third-order valence-corrected chi connectivity index (χ3v) is 3.70. The summed E-state index contributed by atoms with van der Waals surface area (Å²) in [6.07, 6.45) is 0. The number of hydrogen-bond donors (Lipinski definition) is 1. The first-order valence-corrected chi connectivity index (χ1v) is 7.14. The van der Waals surface area contributed by atoms with Crippen molar-refractivity contribution in [2.24, 2.45) is 0 Å². The molecule has 0 fully saturated rings. The summed E-state index contributed by atoms with van der Waals surface area (Å²) >= 11 is 0. The van der Waals surface area contributed by atoms with E-state index in [4.69, 9.17) is 18.6 Å². The van der Waals surface area contributed by atoms with E-state index in [1.165, 1.54) is 33.5 Å². The maximum atomic E-state index is 12.4. The Morgan fingerprint density at radius 2 is 1.54 bits per heavy atom. The van der Waals surface area contributed by atoms with E-state index in [-0.39, 0.29) is 11.2 Å². The van der Waals surface area contributed by atoms with E-state index in [1.54, 1.807) is 24.3 Å². The molecule has 0 aliphatic heterocycles. The Bertz CT molecular complexity index is 958. The van der Waals surface area contributed by atoms with Crippen molar-refractivity contribution < 1.29 is 23.7 Å². The van der Waals surface area contributed by atoms with E-state index in [0.29, 0.717) is 39.5 Å². The van der Waals surface area contributed by atoms with E-state index in [1.807, 2.05) is 0 Å². The van der Waals surface area contributed by atoms with Gasteiger partial charge >= 0.3 is 0 Å². The van der Waals surface area contributed by atoms with Gasteiger partial charge in [-0.3, -0.25) is 4.79 Å². The lowest BCUT2D eigenvalue weighted by Gasteiger charge is -2.10. The number of hydrogen-bond acceptors (Lipinski definition) is 6. The van der Waals surface area contributed by atoms with Crippen LogP contribution in [-0.4, -0.2) is 26.4 Å². The molecule has 3 rings (SSSR count). The van der Waals surface area contributed by atoms with Gasteiger partial charge in [-0.2, -0.15) is 0 Å². The van der Waals surface area contributed by atoms with E-state index in [0.717, 1.165) is 0 Å². The Kier molecular flexibility index (Phi) is 4.04. The second-order valence-electron chi connectivity index (χ2n) is 5.06. The van der Waals surface area contributed by atoms with Gasteiger partial charge in [0.2, 0.25) is 0 Å². The quantitative estimate of drug-likeness (QED) is 0.792. The number of benzene rings is 2. The largest absolute Gasteiger partial charge is 0.504 e. The summed E-state index contributed by atoms with van der Waals surface area (Å²) in [6, 6.07) is 9.32. The van der Waals surface area contributed by atoms with Crippen LogP contribution in [0.3, 0.4) is 0 Å². The Balaban J connectivity index is 2.20. The maximum Gasteiger partial charge on any atom is 0.193 e. The molecule has 0 saturated carbocycles. The molecule has 0 unspecified atom stereocenters. The molecule has 3 aromatic rings. The Labute approximate surface area is 137 Å². The van der Waals surface area contributed by atoms with Crippen LogP contribution < -0.4 is 19.6 Å². The summed E-state index contributed by atoms with van der Waals surface area (Å²) < 4.78 is 21.3. The first-order valence-electron chi connectivity index (χ1n) is 7.14. The minimum absolute atomic E-state index is 0.0370. The van der Waals surface area contributed by atoms with Gasteiger partial charge < -0.3 is 23.7 Å². The first kappa shape index (κ1) is 15.7. The number of phenols is 1. The Hall–Kier alpha value is -3.15. The molecule has 24 heavy (non-hydrogen) atoms. The maximum absolute atomic E-state index is 12.4. The van der Waals surface area contributed by atoms with E-state index < -0.39 is 0 Å². The number of phenolic OH excluding ortho intramolecular Hbond substituents is 1. The lowest BCUT2D eigenvalue weighted by atomic mass is 10.1. The van der Waals surface area contributed by atoms with E-state index >= 15 is 0 Å². The van der Waals surface area contributed by atoms with E-state index in [2.05, 4.69) is 0 Å². The standard InChI is InChI=1S/C18H16O6/c1-21-14-5-4-10(6-13(14)20)15-8-12(19)11-7-17(22-2)18(23-3)9-16(11)24-15/h4-9,20H,1-3H3. The molecule has 1 N–H and O–H groups in total. The zero-order valence-corrected chi connectivity index (χ0v) is 13.5. The van der Waals surface area contributed by atoms with Crippen LogP contribution in [0.2, 0.25) is 0 Å². The van der Waals surface area contributed by atoms with Crippen molar-refractivity contribution in [3.63, 3.8) is 0 Å². The fourth-order valence-electron chi connectivity index (χ4n) is 2.47. The monoisotopic (exact) mass is 328 g/mol. The number of ether oxygens (including phenoxy) is 3. The van der Waals surface area contributed by atoms with Crippen molar-refractivity contribution in [3.05, 3.63) is 46.6 Å². The molecule has 0 aliphatic carbocycles. The molecular weight excluding hydrogens is 312 g/mol. The molecule has 0 spiro atoms. The summed E-state index contributed by atoms with van der Waals surface area (Å²) in [6.45, 7) is 0. The summed E-state index contributed by atoms with van der Waals surface area (Å²) in [5, 5.41) is 10.3. The highest BCUT2D eigenvalue weighted by Crippen LogP contribution is 2.34. The van der Waals surface area contributed by atoms with Crippen LogP contribution in [0.25, 0.3) is 22.3 Å². The molecule has 124 valence electrons. The first-order chi connectivity index (χ1) is 11.6. The lowest BCUT2D eigenvalue weighted by Crippen LogP contribution is -2.02. The average molecular weight is 328 g/mol. The zero-order chi connectivity index (χ0) is 17.3. The van der Waals surface area contributed by atoms with Gasteiger partial charge in [-0.25, -0.2) is 0 Å². The van der Waals surface area contributed by atoms with Crippen LogP contribution in [0, 0.1) is 0 Å². The fraction of sp³-hybridized carbons (Fsp3) is 0.167. The average Bonchev–Trinajstić information content (AvgIpc) is 2.60. The van der Waals surface area contributed by atoms with Crippen LogP contribution >= 0.6 is 0 Å². The number of fused-ring (bicyclic) bond motifs is 1. The Morgan fingerprint density at radius 3 is 2.17 bits per heavy atom. The second-order valence-corrected chi connectivity index (χ2v) is 5.06. The summed E-state index contributed by atoms with van der Waals surface area (Å²) in [4.78, 5) is 12.4. The van der Waals surface area contributed by atoms with Crippen LogP contribution in [0.5, 0.6) is 23.0 Å². The predicted molar refractivity (Wildman–Crippen MR) is 89.2 cm³/mol. The van der Waals surface area contributed by atoms with Crippen molar-refractivity contribution >= 4 is 11.0 Å². The highest BCUT2D eigenvalue weighted by molar-refractivity contribution is 5.82. The van der Waals surface area contributed by atoms with E-state index in [9.17, 15) is 9.90 Å². The third-order valence-electron chi connectivity index (χ3n) is 3.70. The van der Waals surface area contributed by atoms with Gasteiger partial charge in [-0.15, -0.1) is 0 Å². The summed E-state index contributed by atoms with van der Waals surface area (Å²) in [7, 11) is 4.47. The highest BCUT2D eigenvalue weighted by Gasteiger charge is 2.13. The van der Waals surface area contributed by atoms with Crippen molar-refractivity contribution in [1.82, 2.24) is 0 Å². The highest BCUT2D eigenvalue weighted by atomic mass is 16.5. The molecule has 6 nitrogen and oxygen atoms in total. The number of rotatable bonds is 4. The minimum Gasteiger partial charge on any atom is -0.504 e. The summed E-state index contributed by atoms with van der Waals surface area (Å²) in [5.41, 5.74) is 0.704. The molecule has 0 atom stereocenters. The van der Waals surface area contributed by atoms with Crippen LogP contribution in [0.4, 0.5) is 0 Å². The van der Waals surface area contributed by atoms with Crippen molar-refractivity contribution in [2.75, 3.05) is 21.3 Å². The SMILES string of the molecule is COc1ccc(-c2cc(=O)c3cc(OC)c(OC)cc3o2)cc1O. The van der Waals surface area contributed by atoms with Gasteiger partial charge in [0.25, 0.3) is 0 Å². The normalized spacial score (nSPS) is 10.6. The van der Waals surface area contributed by atoms with Gasteiger partial charge in [-0.1, -0.05) is 0 Å². The molecular formula is C18H16O6. The topological polar surface area (TPSA) is 78.1 Å². The van der Waals surface area contributed by atoms with Crippen LogP contribution in [-0.2, 0) is 0 Å². The number of methoxy groups -OCH3 is 3. The Morgan fingerprint density at radius 1 is 0.875 bits per heavy atom. The molecule has 2 aromatic carbocycles. The molecule has 1 aromatic heterocycles. The predicted octanol–water partition coefficient (Wildman–Crippen LogP) is 3.19. The van der Waals surface area contributed by atoms with Crippen molar-refractivity contribution in [2.45, 2.75) is 0 Å². The van der Waals surface area contributed by atoms with Crippen LogP contribution in [0.15, 0.2) is 45.6 Å². The van der Waals surface area contributed by atoms with Gasteiger partial charge in [0, 0.05) is 17.7 Å². The smallest absolute Gasteiger partial charge is 0.193 e. The number of aromatic hydroxyl groups is 1. The summed E-state index contributed by atoms with van der Waals surface area (Å²) in [5.74, 6) is 1.55. The second kappa shape index (κ2) is 6.16. The van der Waals surface area contributed by atoms with Gasteiger partial charge in [0.05, 0.1) is 26.7 Å². The van der Waals surface area contributed by atoms with Crippen LogP contribution in [0.1, 0.15) is 0 Å². The minimum atomic E-state index is -0.220. The molecule has 0 amide bonds. The van der Waals surface area contributed by atoms with Gasteiger partial charge in [0.15, 0.2) is 28.4 Å². The zero-order valence-electron chi connectivity index (χ0n) is 13.5. The third kappa shape index (κ3) is 2.62. The van der Waals surface area contributed by atoms with Gasteiger partial charge in [0.1, 0.15) is 11.3 Å². The molecule has 0 saturated heterocycles. The molecule has 0 radical (unpaired) electrons. The van der Waals surface area contributed by atoms with Crippen molar-refractivity contribution in [3.8, 4) is 34.3 Å². The molecule has 0 aliphatic rings. The molecule has 6 heteroatoms. The fourth-order valence-corrected chi connectivity index (χ4v) is 2.47. The molecule has 1 heterocycles. The van der Waals surface area contributed by atoms with Crippen molar-refractivity contribution in [1.29, 1.82) is 0 Å². The lowest BCUT2D eigenvalue weighted by molar-refractivity contribution is 0.355. The molecule has 0 bridgehead atoms.